The van der Waals surface area contributed by atoms with Crippen molar-refractivity contribution in [1.29, 1.82) is 0 Å². The Morgan fingerprint density at radius 3 is 1.33 bits per heavy atom. The maximum absolute atomic E-state index is 5.08. The van der Waals surface area contributed by atoms with Gasteiger partial charge in [-0.25, -0.2) is 9.97 Å². The summed E-state index contributed by atoms with van der Waals surface area (Å²) in [6.45, 7) is 0. The van der Waals surface area contributed by atoms with E-state index in [2.05, 4.69) is 206 Å². The molecule has 1 aromatic heterocycles. The van der Waals surface area contributed by atoms with Crippen molar-refractivity contribution in [3.63, 3.8) is 0 Å². The number of rotatable bonds is 7. The molecule has 0 fully saturated rings. The number of nitrogens with zero attached hydrogens (tertiary/aromatic N) is 2. The average molecular weight is 763 g/mol. The van der Waals surface area contributed by atoms with Crippen LogP contribution < -0.4 is 0 Å². The summed E-state index contributed by atoms with van der Waals surface area (Å²) >= 11 is 0. The topological polar surface area (TPSA) is 25.8 Å². The summed E-state index contributed by atoms with van der Waals surface area (Å²) in [4.78, 5) is 10.2. The van der Waals surface area contributed by atoms with E-state index in [1.807, 2.05) is 24.3 Å². The second kappa shape index (κ2) is 15.1. The second-order valence-corrected chi connectivity index (χ2v) is 15.4. The van der Waals surface area contributed by atoms with E-state index >= 15 is 0 Å². The molecule has 60 heavy (non-hydrogen) atoms. The van der Waals surface area contributed by atoms with Crippen LogP contribution in [0.25, 0.3) is 111 Å². The van der Waals surface area contributed by atoms with Crippen LogP contribution in [-0.2, 0) is 0 Å². The predicted molar refractivity (Wildman–Crippen MR) is 253 cm³/mol. The van der Waals surface area contributed by atoms with E-state index in [-0.39, 0.29) is 0 Å². The molecule has 0 aliphatic carbocycles. The van der Waals surface area contributed by atoms with Crippen molar-refractivity contribution in [3.8, 4) is 78.4 Å². The predicted octanol–water partition coefficient (Wildman–Crippen LogP) is 15.6. The van der Waals surface area contributed by atoms with Gasteiger partial charge in [-0.3, -0.25) is 0 Å². The maximum Gasteiger partial charge on any atom is 0.160 e. The van der Waals surface area contributed by atoms with Crippen molar-refractivity contribution in [2.24, 2.45) is 0 Å². The van der Waals surface area contributed by atoms with Crippen LogP contribution in [0.3, 0.4) is 0 Å². The van der Waals surface area contributed by atoms with Crippen LogP contribution in [0.5, 0.6) is 0 Å². The van der Waals surface area contributed by atoms with Crippen molar-refractivity contribution >= 4 is 32.3 Å². The Morgan fingerprint density at radius 1 is 0.217 bits per heavy atom. The van der Waals surface area contributed by atoms with Gasteiger partial charge in [0.2, 0.25) is 0 Å². The molecule has 11 rings (SSSR count). The Morgan fingerprint density at radius 2 is 0.683 bits per heavy atom. The number of benzene rings is 10. The number of fused-ring (bicyclic) bond motifs is 4. The lowest BCUT2D eigenvalue weighted by Crippen LogP contribution is -1.96. The van der Waals surface area contributed by atoms with Crippen LogP contribution in [0, 0.1) is 0 Å². The van der Waals surface area contributed by atoms with Crippen molar-refractivity contribution in [2.75, 3.05) is 0 Å². The van der Waals surface area contributed by atoms with Gasteiger partial charge in [0.05, 0.1) is 11.4 Å². The van der Waals surface area contributed by atoms with E-state index in [1.54, 1.807) is 0 Å². The lowest BCUT2D eigenvalue weighted by molar-refractivity contribution is 1.18. The summed E-state index contributed by atoms with van der Waals surface area (Å²) < 4.78 is 0. The smallest absolute Gasteiger partial charge is 0.160 e. The highest BCUT2D eigenvalue weighted by Gasteiger charge is 2.14. The molecule has 0 N–H and O–H groups in total. The molecule has 0 radical (unpaired) electrons. The van der Waals surface area contributed by atoms with Gasteiger partial charge in [-0.15, -0.1) is 0 Å². The Kier molecular flexibility index (Phi) is 8.87. The highest BCUT2D eigenvalue weighted by molar-refractivity contribution is 6.20. The fourth-order valence-electron chi connectivity index (χ4n) is 8.60. The third-order valence-electron chi connectivity index (χ3n) is 11.7. The number of aromatic nitrogens is 2. The van der Waals surface area contributed by atoms with Gasteiger partial charge in [-0.1, -0.05) is 212 Å². The van der Waals surface area contributed by atoms with E-state index < -0.39 is 0 Å². The monoisotopic (exact) mass is 762 g/mol. The standard InChI is InChI=1S/C58H38N2/c1-3-12-39(13-4-1)48-18-11-19-50(36-48)56-38-55(59-58(60-56)47-15-5-2-6-16-47)45-30-26-42(27-31-45)40-22-24-41(25-23-40)43-28-32-46(33-29-43)57-52-21-10-8-17-49(52)37-54-51-20-9-7-14-44(51)34-35-53(54)57/h1-38H. The van der Waals surface area contributed by atoms with Gasteiger partial charge < -0.3 is 0 Å². The molecular formula is C58H38N2. The first-order chi connectivity index (χ1) is 29.7. The minimum Gasteiger partial charge on any atom is -0.228 e. The molecule has 2 heteroatoms. The first-order valence-corrected chi connectivity index (χ1v) is 20.5. The summed E-state index contributed by atoms with van der Waals surface area (Å²) in [6.07, 6.45) is 0. The lowest BCUT2D eigenvalue weighted by atomic mass is 9.89. The van der Waals surface area contributed by atoms with Crippen LogP contribution in [-0.4, -0.2) is 9.97 Å². The molecule has 280 valence electrons. The molecule has 0 saturated carbocycles. The highest BCUT2D eigenvalue weighted by Crippen LogP contribution is 2.40. The third-order valence-corrected chi connectivity index (χ3v) is 11.7. The first-order valence-electron chi connectivity index (χ1n) is 20.5. The molecule has 1 heterocycles. The Balaban J connectivity index is 0.887. The Labute approximate surface area is 349 Å². The van der Waals surface area contributed by atoms with Crippen LogP contribution >= 0.6 is 0 Å². The van der Waals surface area contributed by atoms with Crippen molar-refractivity contribution in [2.45, 2.75) is 0 Å². The zero-order chi connectivity index (χ0) is 39.8. The Bertz CT molecular complexity index is 3320. The van der Waals surface area contributed by atoms with Crippen LogP contribution in [0.2, 0.25) is 0 Å². The molecule has 2 nitrogen and oxygen atoms in total. The zero-order valence-electron chi connectivity index (χ0n) is 32.8. The summed E-state index contributed by atoms with van der Waals surface area (Å²) in [5.74, 6) is 0.708. The summed E-state index contributed by atoms with van der Waals surface area (Å²) in [5.41, 5.74) is 14.4. The molecule has 0 amide bonds. The molecular weight excluding hydrogens is 725 g/mol. The van der Waals surface area contributed by atoms with Gasteiger partial charge in [-0.05, 0) is 95.0 Å². The van der Waals surface area contributed by atoms with Gasteiger partial charge in [-0.2, -0.15) is 0 Å². The van der Waals surface area contributed by atoms with Gasteiger partial charge in [0.1, 0.15) is 0 Å². The van der Waals surface area contributed by atoms with Gasteiger partial charge in [0.25, 0.3) is 0 Å². The molecule has 0 saturated heterocycles. The molecule has 0 aliphatic heterocycles. The Hall–Kier alpha value is -7.94. The van der Waals surface area contributed by atoms with Crippen LogP contribution in [0.1, 0.15) is 0 Å². The van der Waals surface area contributed by atoms with E-state index in [4.69, 9.17) is 9.97 Å². The average Bonchev–Trinajstić information content (AvgIpc) is 3.34. The molecule has 11 aromatic rings. The molecule has 0 atom stereocenters. The molecule has 0 bridgehead atoms. The fraction of sp³-hybridized carbons (Fsp3) is 0. The highest BCUT2D eigenvalue weighted by atomic mass is 14.9. The van der Waals surface area contributed by atoms with E-state index in [0.717, 1.165) is 39.2 Å². The van der Waals surface area contributed by atoms with E-state index in [0.29, 0.717) is 5.82 Å². The molecule has 0 unspecified atom stereocenters. The largest absolute Gasteiger partial charge is 0.228 e. The summed E-state index contributed by atoms with van der Waals surface area (Å²) in [5, 5.41) is 7.65. The van der Waals surface area contributed by atoms with E-state index in [1.165, 1.54) is 65.7 Å². The third kappa shape index (κ3) is 6.61. The van der Waals surface area contributed by atoms with Crippen LogP contribution in [0.4, 0.5) is 0 Å². The van der Waals surface area contributed by atoms with Crippen LogP contribution in [0.15, 0.2) is 231 Å². The number of hydrogen-bond donors (Lipinski definition) is 0. The zero-order valence-corrected chi connectivity index (χ0v) is 32.8. The minimum atomic E-state index is 0.708. The molecule has 0 spiro atoms. The van der Waals surface area contributed by atoms with E-state index in [9.17, 15) is 0 Å². The van der Waals surface area contributed by atoms with Crippen molar-refractivity contribution < 1.29 is 0 Å². The normalized spacial score (nSPS) is 11.3. The quantitative estimate of drug-likeness (QED) is 0.119. The van der Waals surface area contributed by atoms with Gasteiger partial charge in [0.15, 0.2) is 5.82 Å². The minimum absolute atomic E-state index is 0.708. The fourth-order valence-corrected chi connectivity index (χ4v) is 8.60. The van der Waals surface area contributed by atoms with Crippen molar-refractivity contribution in [1.82, 2.24) is 9.97 Å². The second-order valence-electron chi connectivity index (χ2n) is 15.4. The SMILES string of the molecule is c1ccc(-c2cccc(-c3cc(-c4ccc(-c5ccc(-c6ccc(-c7c8ccccc8cc8c7ccc7ccccc78)cc6)cc5)cc4)nc(-c4ccccc4)n3)c2)cc1. The molecule has 10 aromatic carbocycles. The first kappa shape index (κ1) is 35.2. The van der Waals surface area contributed by atoms with Gasteiger partial charge >= 0.3 is 0 Å². The van der Waals surface area contributed by atoms with Gasteiger partial charge in [0, 0.05) is 16.7 Å². The maximum atomic E-state index is 5.08. The summed E-state index contributed by atoms with van der Waals surface area (Å²) in [7, 11) is 0. The van der Waals surface area contributed by atoms with Crippen molar-refractivity contribution in [3.05, 3.63) is 231 Å². The molecule has 0 aliphatic rings. The number of hydrogen-bond acceptors (Lipinski definition) is 2. The summed E-state index contributed by atoms with van der Waals surface area (Å²) in [6, 6.07) is 82.4. The lowest BCUT2D eigenvalue weighted by Gasteiger charge is -2.14.